The van der Waals surface area contributed by atoms with Crippen molar-refractivity contribution >= 4 is 23.5 Å². The molecule has 0 radical (unpaired) electrons. The maximum Gasteiger partial charge on any atom is 0.326 e. The summed E-state index contributed by atoms with van der Waals surface area (Å²) in [5, 5.41) is 16.7. The Morgan fingerprint density at radius 2 is 2.00 bits per heavy atom. The van der Waals surface area contributed by atoms with Crippen molar-refractivity contribution in [2.45, 2.75) is 25.3 Å². The maximum absolute atomic E-state index is 12.1. The first kappa shape index (κ1) is 15.7. The van der Waals surface area contributed by atoms with Crippen LogP contribution in [0.3, 0.4) is 0 Å². The highest BCUT2D eigenvalue weighted by Crippen LogP contribution is 2.08. The van der Waals surface area contributed by atoms with Gasteiger partial charge in [0.15, 0.2) is 0 Å². The van der Waals surface area contributed by atoms with Gasteiger partial charge in [-0.05, 0) is 5.56 Å². The lowest BCUT2D eigenvalue weighted by molar-refractivity contribution is -0.141. The van der Waals surface area contributed by atoms with Gasteiger partial charge in [-0.3, -0.25) is 9.59 Å². The number of hydrogen-bond acceptors (Lipinski definition) is 4. The lowest BCUT2D eigenvalue weighted by atomic mass is 10.1. The van der Waals surface area contributed by atoms with E-state index in [1.165, 1.54) is 7.05 Å². The standard InChI is InChI=1S/C15H17N3O4/c1-18-13(19)8-7-11(17-18)14(20)16-12(15(21)22)9-10-5-3-2-4-6-10/h2-6,12H,7-9H2,1H3,(H,16,20)(H,21,22)/t12-/m0/s1. The fraction of sp³-hybridized carbons (Fsp3) is 0.333. The zero-order valence-corrected chi connectivity index (χ0v) is 12.2. The molecule has 0 unspecified atom stereocenters. The third-order valence-corrected chi connectivity index (χ3v) is 3.36. The predicted octanol–water partition coefficient (Wildman–Crippen LogP) is 0.407. The average Bonchev–Trinajstić information content (AvgIpc) is 2.50. The number of nitrogens with zero attached hydrogens (tertiary/aromatic N) is 2. The van der Waals surface area contributed by atoms with Gasteiger partial charge in [0.2, 0.25) is 5.91 Å². The van der Waals surface area contributed by atoms with Crippen molar-refractivity contribution < 1.29 is 19.5 Å². The maximum atomic E-state index is 12.1. The molecule has 22 heavy (non-hydrogen) atoms. The summed E-state index contributed by atoms with van der Waals surface area (Å²) in [6, 6.07) is 8.00. The molecule has 7 heteroatoms. The van der Waals surface area contributed by atoms with Crippen LogP contribution in [0.25, 0.3) is 0 Å². The SMILES string of the molecule is CN1N=C(C(=O)N[C@@H](Cc2ccccc2)C(=O)O)CCC1=O. The largest absolute Gasteiger partial charge is 0.480 e. The number of benzene rings is 1. The second-order valence-corrected chi connectivity index (χ2v) is 5.02. The predicted molar refractivity (Wildman–Crippen MR) is 79.2 cm³/mol. The molecular weight excluding hydrogens is 286 g/mol. The topological polar surface area (TPSA) is 99.1 Å². The van der Waals surface area contributed by atoms with E-state index in [-0.39, 0.29) is 30.9 Å². The fourth-order valence-corrected chi connectivity index (χ4v) is 2.12. The van der Waals surface area contributed by atoms with E-state index in [2.05, 4.69) is 10.4 Å². The van der Waals surface area contributed by atoms with Crippen LogP contribution in [0, 0.1) is 0 Å². The van der Waals surface area contributed by atoms with Gasteiger partial charge < -0.3 is 10.4 Å². The summed E-state index contributed by atoms with van der Waals surface area (Å²) in [4.78, 5) is 34.8. The molecule has 1 aliphatic heterocycles. The number of nitrogens with one attached hydrogen (secondary N) is 1. The van der Waals surface area contributed by atoms with Gasteiger partial charge in [0.1, 0.15) is 11.8 Å². The van der Waals surface area contributed by atoms with Crippen LogP contribution >= 0.6 is 0 Å². The Labute approximate surface area is 127 Å². The van der Waals surface area contributed by atoms with Crippen molar-refractivity contribution in [2.75, 3.05) is 7.05 Å². The molecule has 0 aromatic heterocycles. The molecule has 2 rings (SSSR count). The lowest BCUT2D eigenvalue weighted by Gasteiger charge is -2.20. The van der Waals surface area contributed by atoms with Crippen molar-refractivity contribution in [1.29, 1.82) is 0 Å². The van der Waals surface area contributed by atoms with E-state index in [1.54, 1.807) is 12.1 Å². The number of carboxylic acids is 1. The number of aliphatic carboxylic acids is 1. The summed E-state index contributed by atoms with van der Waals surface area (Å²) in [6.45, 7) is 0. The molecule has 1 atom stereocenters. The first-order valence-corrected chi connectivity index (χ1v) is 6.89. The molecule has 0 spiro atoms. The average molecular weight is 303 g/mol. The van der Waals surface area contributed by atoms with Crippen molar-refractivity contribution in [3.05, 3.63) is 35.9 Å². The normalized spacial score (nSPS) is 16.0. The summed E-state index contributed by atoms with van der Waals surface area (Å²) in [6.07, 6.45) is 0.593. The minimum atomic E-state index is -1.11. The fourth-order valence-electron chi connectivity index (χ4n) is 2.12. The molecule has 7 nitrogen and oxygen atoms in total. The molecule has 0 bridgehead atoms. The number of carbonyl (C=O) groups is 3. The number of amides is 2. The summed E-state index contributed by atoms with van der Waals surface area (Å²) in [7, 11) is 1.47. The highest BCUT2D eigenvalue weighted by Gasteiger charge is 2.26. The van der Waals surface area contributed by atoms with Gasteiger partial charge in [-0.2, -0.15) is 5.10 Å². The molecule has 1 aromatic carbocycles. The molecule has 0 saturated carbocycles. The molecule has 0 saturated heterocycles. The molecule has 2 amide bonds. The molecule has 1 aromatic rings. The van der Waals surface area contributed by atoms with Gasteiger partial charge >= 0.3 is 5.97 Å². The van der Waals surface area contributed by atoms with Gasteiger partial charge in [-0.15, -0.1) is 0 Å². The number of carbonyl (C=O) groups excluding carboxylic acids is 2. The quantitative estimate of drug-likeness (QED) is 0.822. The zero-order chi connectivity index (χ0) is 16.1. The van der Waals surface area contributed by atoms with E-state index in [9.17, 15) is 19.5 Å². The van der Waals surface area contributed by atoms with Gasteiger partial charge in [-0.1, -0.05) is 30.3 Å². The molecule has 116 valence electrons. The van der Waals surface area contributed by atoms with Crippen LogP contribution in [0.15, 0.2) is 35.4 Å². The van der Waals surface area contributed by atoms with Crippen LogP contribution in [0.5, 0.6) is 0 Å². The first-order chi connectivity index (χ1) is 10.5. The summed E-state index contributed by atoms with van der Waals surface area (Å²) in [5.74, 6) is -1.84. The van der Waals surface area contributed by atoms with E-state index in [4.69, 9.17) is 0 Å². The van der Waals surface area contributed by atoms with Crippen molar-refractivity contribution in [1.82, 2.24) is 10.3 Å². The van der Waals surface area contributed by atoms with Crippen LogP contribution in [0.2, 0.25) is 0 Å². The van der Waals surface area contributed by atoms with Crippen LogP contribution in [-0.4, -0.2) is 46.7 Å². The second-order valence-electron chi connectivity index (χ2n) is 5.02. The summed E-state index contributed by atoms with van der Waals surface area (Å²) in [5.41, 5.74) is 0.981. The molecule has 2 N–H and O–H groups in total. The Morgan fingerprint density at radius 3 is 2.59 bits per heavy atom. The molecular formula is C15H17N3O4. The van der Waals surface area contributed by atoms with Crippen LogP contribution in [0.1, 0.15) is 18.4 Å². The van der Waals surface area contributed by atoms with E-state index < -0.39 is 17.9 Å². The number of carboxylic acid groups (broad SMARTS) is 1. The molecule has 0 fully saturated rings. The van der Waals surface area contributed by atoms with Crippen LogP contribution in [0.4, 0.5) is 0 Å². The number of hydrogen-bond donors (Lipinski definition) is 2. The third-order valence-electron chi connectivity index (χ3n) is 3.36. The first-order valence-electron chi connectivity index (χ1n) is 6.89. The Kier molecular flexibility index (Phi) is 4.88. The van der Waals surface area contributed by atoms with Crippen molar-refractivity contribution in [3.8, 4) is 0 Å². The van der Waals surface area contributed by atoms with Crippen molar-refractivity contribution in [2.24, 2.45) is 5.10 Å². The monoisotopic (exact) mass is 303 g/mol. The molecule has 1 heterocycles. The van der Waals surface area contributed by atoms with Crippen LogP contribution in [-0.2, 0) is 20.8 Å². The smallest absolute Gasteiger partial charge is 0.326 e. The third kappa shape index (κ3) is 3.91. The van der Waals surface area contributed by atoms with Gasteiger partial charge in [0.05, 0.1) is 0 Å². The Morgan fingerprint density at radius 1 is 1.32 bits per heavy atom. The minimum Gasteiger partial charge on any atom is -0.480 e. The summed E-state index contributed by atoms with van der Waals surface area (Å²) >= 11 is 0. The molecule has 0 aliphatic carbocycles. The minimum absolute atomic E-state index is 0.168. The van der Waals surface area contributed by atoms with E-state index in [0.717, 1.165) is 10.6 Å². The molecule has 1 aliphatic rings. The van der Waals surface area contributed by atoms with E-state index >= 15 is 0 Å². The van der Waals surface area contributed by atoms with Crippen molar-refractivity contribution in [3.63, 3.8) is 0 Å². The highest BCUT2D eigenvalue weighted by atomic mass is 16.4. The highest BCUT2D eigenvalue weighted by molar-refractivity contribution is 6.39. The Bertz CT molecular complexity index is 612. The van der Waals surface area contributed by atoms with Gasteiger partial charge in [0.25, 0.3) is 5.91 Å². The number of hydrazone groups is 1. The number of rotatable bonds is 5. The van der Waals surface area contributed by atoms with E-state index in [1.807, 2.05) is 18.2 Å². The van der Waals surface area contributed by atoms with Gasteiger partial charge in [0, 0.05) is 26.3 Å². The second kappa shape index (κ2) is 6.84. The van der Waals surface area contributed by atoms with E-state index in [0.29, 0.717) is 0 Å². The Balaban J connectivity index is 2.05. The zero-order valence-electron chi connectivity index (χ0n) is 12.2. The Hall–Kier alpha value is -2.70. The summed E-state index contributed by atoms with van der Waals surface area (Å²) < 4.78 is 0. The lowest BCUT2D eigenvalue weighted by Crippen LogP contribution is -2.46. The van der Waals surface area contributed by atoms with Crippen LogP contribution < -0.4 is 5.32 Å². The van der Waals surface area contributed by atoms with Gasteiger partial charge in [-0.25, -0.2) is 9.80 Å².